The fraction of sp³-hybridized carbons (Fsp3) is 0.615. The minimum atomic E-state index is -1.01. The van der Waals surface area contributed by atoms with Gasteiger partial charge in [0.25, 0.3) is 0 Å². The molecule has 5 heteroatoms. The maximum Gasteiger partial charge on any atom is 0.129 e. The molecular weight excluding hydrogens is 252 g/mol. The van der Waals surface area contributed by atoms with Crippen molar-refractivity contribution in [3.8, 4) is 0 Å². The van der Waals surface area contributed by atoms with Crippen LogP contribution in [0, 0.1) is 5.92 Å². The van der Waals surface area contributed by atoms with Crippen LogP contribution in [0.2, 0.25) is 5.02 Å². The third-order valence-corrected chi connectivity index (χ3v) is 3.90. The van der Waals surface area contributed by atoms with Crippen molar-refractivity contribution >= 4 is 17.4 Å². The molecule has 0 amide bonds. The third-order valence-electron chi connectivity index (χ3n) is 3.69. The van der Waals surface area contributed by atoms with Gasteiger partial charge in [0.05, 0.1) is 11.1 Å². The second-order valence-corrected chi connectivity index (χ2v) is 5.40. The topological polar surface area (TPSA) is 79.4 Å². The number of hydrogen-bond acceptors (Lipinski definition) is 4. The second kappa shape index (κ2) is 5.87. The lowest BCUT2D eigenvalue weighted by Crippen LogP contribution is -2.29. The number of aliphatic hydroxyl groups is 2. The van der Waals surface area contributed by atoms with E-state index in [1.807, 2.05) is 0 Å². The van der Waals surface area contributed by atoms with Crippen molar-refractivity contribution in [1.29, 1.82) is 0 Å². The van der Waals surface area contributed by atoms with Gasteiger partial charge in [-0.1, -0.05) is 30.9 Å². The Morgan fingerprint density at radius 1 is 1.28 bits per heavy atom. The van der Waals surface area contributed by atoms with E-state index in [0.29, 0.717) is 10.6 Å². The molecule has 0 bridgehead atoms. The number of aliphatic hydroxyl groups excluding tert-OH is 2. The summed E-state index contributed by atoms with van der Waals surface area (Å²) >= 11 is 5.84. The smallest absolute Gasteiger partial charge is 0.129 e. The van der Waals surface area contributed by atoms with Gasteiger partial charge in [0, 0.05) is 11.8 Å². The lowest BCUT2D eigenvalue weighted by atomic mass is 9.82. The molecule has 18 heavy (non-hydrogen) atoms. The Labute approximate surface area is 112 Å². The first-order valence-corrected chi connectivity index (χ1v) is 6.74. The minimum absolute atomic E-state index is 0.132. The number of aromatic nitrogens is 1. The highest BCUT2D eigenvalue weighted by Gasteiger charge is 2.30. The summed E-state index contributed by atoms with van der Waals surface area (Å²) in [7, 11) is 0. The lowest BCUT2D eigenvalue weighted by molar-refractivity contribution is -0.0283. The van der Waals surface area contributed by atoms with Crippen LogP contribution in [0.1, 0.15) is 43.8 Å². The molecule has 1 saturated carbocycles. The fourth-order valence-electron chi connectivity index (χ4n) is 2.62. The molecule has 0 spiro atoms. The number of rotatable bonds is 3. The standard InChI is InChI=1S/C13H19ClN2O2/c14-9-6-10(13(15)16-7-9)12(18)11(17)8-4-2-1-3-5-8/h6-8,11-12,17-18H,1-5H2,(H2,15,16). The van der Waals surface area contributed by atoms with E-state index in [0.717, 1.165) is 25.7 Å². The van der Waals surface area contributed by atoms with Crippen molar-refractivity contribution < 1.29 is 10.2 Å². The highest BCUT2D eigenvalue weighted by Crippen LogP contribution is 2.34. The van der Waals surface area contributed by atoms with Gasteiger partial charge in [-0.2, -0.15) is 0 Å². The van der Waals surface area contributed by atoms with Gasteiger partial charge in [-0.05, 0) is 24.8 Å². The van der Waals surface area contributed by atoms with Crippen LogP contribution in [0.25, 0.3) is 0 Å². The van der Waals surface area contributed by atoms with Gasteiger partial charge < -0.3 is 15.9 Å². The Hall–Kier alpha value is -0.840. The first kappa shape index (κ1) is 13.6. The molecule has 0 radical (unpaired) electrons. The molecule has 1 aromatic rings. The zero-order valence-corrected chi connectivity index (χ0v) is 11.0. The van der Waals surface area contributed by atoms with Crippen molar-refractivity contribution in [2.24, 2.45) is 5.92 Å². The molecule has 2 rings (SSSR count). The Morgan fingerprint density at radius 3 is 2.61 bits per heavy atom. The normalized spacial score (nSPS) is 20.6. The summed E-state index contributed by atoms with van der Waals surface area (Å²) in [4.78, 5) is 3.90. The SMILES string of the molecule is Nc1ncc(Cl)cc1C(O)C(O)C1CCCCC1. The van der Waals surface area contributed by atoms with Crippen LogP contribution in [-0.4, -0.2) is 21.3 Å². The van der Waals surface area contributed by atoms with Crippen LogP contribution in [0.4, 0.5) is 5.82 Å². The van der Waals surface area contributed by atoms with Crippen LogP contribution in [-0.2, 0) is 0 Å². The van der Waals surface area contributed by atoms with Crippen molar-refractivity contribution in [3.63, 3.8) is 0 Å². The number of nitrogens with zero attached hydrogens (tertiary/aromatic N) is 1. The van der Waals surface area contributed by atoms with Gasteiger partial charge >= 0.3 is 0 Å². The fourth-order valence-corrected chi connectivity index (χ4v) is 2.79. The molecule has 100 valence electrons. The molecule has 2 unspecified atom stereocenters. The Balaban J connectivity index is 2.13. The number of anilines is 1. The van der Waals surface area contributed by atoms with Crippen LogP contribution < -0.4 is 5.73 Å². The summed E-state index contributed by atoms with van der Waals surface area (Å²) in [6.45, 7) is 0. The van der Waals surface area contributed by atoms with Crippen molar-refractivity contribution in [2.45, 2.75) is 44.3 Å². The van der Waals surface area contributed by atoms with Gasteiger partial charge in [0.2, 0.25) is 0 Å². The highest BCUT2D eigenvalue weighted by molar-refractivity contribution is 6.30. The molecule has 1 aromatic heterocycles. The third kappa shape index (κ3) is 2.94. The Morgan fingerprint density at radius 2 is 1.94 bits per heavy atom. The number of nitrogen functional groups attached to an aromatic ring is 1. The van der Waals surface area contributed by atoms with Gasteiger partial charge in [-0.3, -0.25) is 0 Å². The van der Waals surface area contributed by atoms with Gasteiger partial charge in [0.1, 0.15) is 11.9 Å². The quantitative estimate of drug-likeness (QED) is 0.787. The molecule has 2 atom stereocenters. The predicted octanol–water partition coefficient (Wildman–Crippen LogP) is 2.29. The maximum atomic E-state index is 10.2. The second-order valence-electron chi connectivity index (χ2n) is 4.96. The highest BCUT2D eigenvalue weighted by atomic mass is 35.5. The van der Waals surface area contributed by atoms with Gasteiger partial charge in [-0.15, -0.1) is 0 Å². The van der Waals surface area contributed by atoms with Crippen LogP contribution in [0.3, 0.4) is 0 Å². The summed E-state index contributed by atoms with van der Waals surface area (Å²) in [6.07, 6.45) is 4.95. The van der Waals surface area contributed by atoms with Gasteiger partial charge in [0.15, 0.2) is 0 Å². The molecule has 4 N–H and O–H groups in total. The molecule has 1 aliphatic rings. The molecular formula is C13H19ClN2O2. The van der Waals surface area contributed by atoms with Crippen LogP contribution >= 0.6 is 11.6 Å². The Bertz CT molecular complexity index is 408. The van der Waals surface area contributed by atoms with E-state index < -0.39 is 12.2 Å². The lowest BCUT2D eigenvalue weighted by Gasteiger charge is -2.30. The molecule has 4 nitrogen and oxygen atoms in total. The van der Waals surface area contributed by atoms with E-state index in [1.165, 1.54) is 12.6 Å². The Kier molecular flexibility index (Phi) is 4.43. The molecule has 0 aromatic carbocycles. The van der Waals surface area contributed by atoms with E-state index in [4.69, 9.17) is 17.3 Å². The van der Waals surface area contributed by atoms with Crippen LogP contribution in [0.5, 0.6) is 0 Å². The first-order valence-electron chi connectivity index (χ1n) is 6.36. The van der Waals surface area contributed by atoms with E-state index in [1.54, 1.807) is 6.07 Å². The molecule has 0 aliphatic heterocycles. The number of nitrogens with two attached hydrogens (primary N) is 1. The summed E-state index contributed by atoms with van der Waals surface area (Å²) in [5.74, 6) is 0.355. The first-order chi connectivity index (χ1) is 8.59. The molecule has 1 heterocycles. The van der Waals surface area contributed by atoms with Crippen molar-refractivity contribution in [3.05, 3.63) is 22.8 Å². The molecule has 1 fully saturated rings. The molecule has 1 aliphatic carbocycles. The van der Waals surface area contributed by atoms with E-state index in [-0.39, 0.29) is 11.7 Å². The van der Waals surface area contributed by atoms with Gasteiger partial charge in [-0.25, -0.2) is 4.98 Å². The number of hydrogen-bond donors (Lipinski definition) is 3. The van der Waals surface area contributed by atoms with E-state index in [2.05, 4.69) is 4.98 Å². The average molecular weight is 271 g/mol. The number of halogens is 1. The van der Waals surface area contributed by atoms with E-state index in [9.17, 15) is 10.2 Å². The summed E-state index contributed by atoms with van der Waals surface area (Å²) < 4.78 is 0. The van der Waals surface area contributed by atoms with Crippen LogP contribution in [0.15, 0.2) is 12.3 Å². The number of pyridine rings is 1. The zero-order valence-electron chi connectivity index (χ0n) is 10.2. The largest absolute Gasteiger partial charge is 0.390 e. The summed E-state index contributed by atoms with van der Waals surface area (Å²) in [5, 5.41) is 20.9. The zero-order chi connectivity index (χ0) is 13.1. The summed E-state index contributed by atoms with van der Waals surface area (Å²) in [5.41, 5.74) is 6.13. The maximum absolute atomic E-state index is 10.2. The minimum Gasteiger partial charge on any atom is -0.390 e. The van der Waals surface area contributed by atoms with E-state index >= 15 is 0 Å². The average Bonchev–Trinajstić information content (AvgIpc) is 2.41. The monoisotopic (exact) mass is 270 g/mol. The molecule has 0 saturated heterocycles. The summed E-state index contributed by atoms with van der Waals surface area (Å²) in [6, 6.07) is 1.57. The predicted molar refractivity (Wildman–Crippen MR) is 71.2 cm³/mol. The van der Waals surface area contributed by atoms with Crippen molar-refractivity contribution in [1.82, 2.24) is 4.98 Å². The van der Waals surface area contributed by atoms with Crippen molar-refractivity contribution in [2.75, 3.05) is 5.73 Å².